The van der Waals surface area contributed by atoms with E-state index in [1.54, 1.807) is 0 Å². The van der Waals surface area contributed by atoms with Crippen molar-refractivity contribution in [3.8, 4) is 0 Å². The Balaban J connectivity index is 1.85. The Kier molecular flexibility index (Phi) is 3.94. The molecule has 0 aliphatic heterocycles. The van der Waals surface area contributed by atoms with E-state index in [-0.39, 0.29) is 0 Å². The molecule has 0 radical (unpaired) electrons. The molecule has 2 saturated carbocycles. The molecule has 98 valence electrons. The minimum Gasteiger partial charge on any atom is -0.312 e. The third-order valence-corrected chi connectivity index (χ3v) is 6.06. The number of hydrogen-bond acceptors (Lipinski definition) is 2. The molecule has 0 aromatic heterocycles. The van der Waals surface area contributed by atoms with Gasteiger partial charge in [-0.15, -0.1) is 6.58 Å². The van der Waals surface area contributed by atoms with Crippen molar-refractivity contribution in [3.63, 3.8) is 0 Å². The normalized spacial score (nSPS) is 38.5. The first-order valence-corrected chi connectivity index (χ1v) is 8.08. The number of rotatable bonds is 6. The fraction of sp³-hybridized carbons (Fsp3) is 0.867. The molecule has 1 unspecified atom stereocenters. The first-order valence-electron chi connectivity index (χ1n) is 6.93. The van der Waals surface area contributed by atoms with Gasteiger partial charge < -0.3 is 5.32 Å². The highest BCUT2D eigenvalue weighted by Gasteiger charge is 2.58. The quantitative estimate of drug-likeness (QED) is 0.572. The van der Waals surface area contributed by atoms with Gasteiger partial charge >= 0.3 is 0 Å². The molecule has 2 bridgehead atoms. The summed E-state index contributed by atoms with van der Waals surface area (Å²) >= 11 is 1.98. The summed E-state index contributed by atoms with van der Waals surface area (Å²) in [6.07, 6.45) is 6.32. The highest BCUT2D eigenvalue weighted by molar-refractivity contribution is 7.99. The minimum atomic E-state index is 0.496. The van der Waals surface area contributed by atoms with Crippen LogP contribution in [-0.2, 0) is 0 Å². The zero-order valence-electron chi connectivity index (χ0n) is 11.6. The van der Waals surface area contributed by atoms with Crippen LogP contribution >= 0.6 is 11.8 Å². The van der Waals surface area contributed by atoms with E-state index in [0.717, 1.165) is 24.3 Å². The molecular formula is C15H27NS. The highest BCUT2D eigenvalue weighted by Crippen LogP contribution is 2.62. The Morgan fingerprint density at radius 2 is 2.18 bits per heavy atom. The summed E-state index contributed by atoms with van der Waals surface area (Å²) in [5, 5.41) is 3.85. The summed E-state index contributed by atoms with van der Waals surface area (Å²) < 4.78 is 0. The van der Waals surface area contributed by atoms with Crippen LogP contribution in [0.2, 0.25) is 0 Å². The molecule has 2 aliphatic carbocycles. The van der Waals surface area contributed by atoms with Crippen LogP contribution in [0.3, 0.4) is 0 Å². The first-order chi connectivity index (χ1) is 8.00. The van der Waals surface area contributed by atoms with E-state index in [1.165, 1.54) is 25.0 Å². The molecule has 0 saturated heterocycles. The van der Waals surface area contributed by atoms with Gasteiger partial charge in [-0.25, -0.2) is 0 Å². The van der Waals surface area contributed by atoms with Crippen molar-refractivity contribution < 1.29 is 0 Å². The maximum absolute atomic E-state index is 3.85. The predicted octanol–water partition coefficient (Wildman–Crippen LogP) is 3.71. The summed E-state index contributed by atoms with van der Waals surface area (Å²) in [5.74, 6) is 3.24. The second-order valence-corrected chi connectivity index (χ2v) is 7.82. The average molecular weight is 253 g/mol. The van der Waals surface area contributed by atoms with Gasteiger partial charge in [-0.1, -0.05) is 26.8 Å². The van der Waals surface area contributed by atoms with Crippen LogP contribution in [0.15, 0.2) is 12.7 Å². The van der Waals surface area contributed by atoms with Gasteiger partial charge in [-0.3, -0.25) is 0 Å². The van der Waals surface area contributed by atoms with Crippen LogP contribution < -0.4 is 5.32 Å². The zero-order chi connectivity index (χ0) is 12.5. The Labute approximate surface area is 111 Å². The average Bonchev–Trinajstić information content (AvgIpc) is 2.73. The molecule has 1 N–H and O–H groups in total. The van der Waals surface area contributed by atoms with E-state index in [1.807, 2.05) is 17.8 Å². The SMILES string of the molecule is C=CCSCCNC1C(C)(C)[C@H]2CC[C@]1(C)C2. The molecule has 0 aromatic rings. The largest absolute Gasteiger partial charge is 0.312 e. The van der Waals surface area contributed by atoms with E-state index < -0.39 is 0 Å². The Hall–Kier alpha value is 0.0500. The lowest BCUT2D eigenvalue weighted by Gasteiger charge is -2.43. The second-order valence-electron chi connectivity index (χ2n) is 6.67. The molecule has 0 heterocycles. The molecule has 1 nitrogen and oxygen atoms in total. The van der Waals surface area contributed by atoms with Crippen LogP contribution in [0.4, 0.5) is 0 Å². The number of fused-ring (bicyclic) bond motifs is 2. The van der Waals surface area contributed by atoms with Gasteiger partial charge in [0, 0.05) is 24.1 Å². The maximum Gasteiger partial charge on any atom is 0.0175 e. The summed E-state index contributed by atoms with van der Waals surface area (Å²) in [7, 11) is 0. The maximum atomic E-state index is 3.85. The van der Waals surface area contributed by atoms with Gasteiger partial charge in [-0.05, 0) is 36.0 Å². The molecule has 0 spiro atoms. The third kappa shape index (κ3) is 2.44. The Morgan fingerprint density at radius 1 is 1.41 bits per heavy atom. The standard InChI is InChI=1S/C15H27NS/c1-5-9-17-10-8-16-13-14(2,3)12-6-7-15(13,4)11-12/h5,12-13,16H,1,6-11H2,2-4H3/t12-,13?,15+/m0/s1. The number of nitrogens with one attached hydrogen (secondary N) is 1. The third-order valence-electron chi connectivity index (χ3n) is 5.10. The van der Waals surface area contributed by atoms with Crippen molar-refractivity contribution in [2.45, 2.75) is 46.1 Å². The van der Waals surface area contributed by atoms with Crippen molar-refractivity contribution in [3.05, 3.63) is 12.7 Å². The monoisotopic (exact) mass is 253 g/mol. The van der Waals surface area contributed by atoms with E-state index >= 15 is 0 Å². The van der Waals surface area contributed by atoms with Gasteiger partial charge in [-0.2, -0.15) is 11.8 Å². The van der Waals surface area contributed by atoms with E-state index in [4.69, 9.17) is 0 Å². The lowest BCUT2D eigenvalue weighted by molar-refractivity contribution is 0.111. The predicted molar refractivity (Wildman–Crippen MR) is 78.5 cm³/mol. The van der Waals surface area contributed by atoms with Gasteiger partial charge in [0.1, 0.15) is 0 Å². The smallest absolute Gasteiger partial charge is 0.0175 e. The fourth-order valence-electron chi connectivity index (χ4n) is 4.25. The van der Waals surface area contributed by atoms with Crippen LogP contribution in [0, 0.1) is 16.7 Å². The molecule has 2 heteroatoms. The molecule has 0 aromatic carbocycles. The molecule has 2 rings (SSSR count). The van der Waals surface area contributed by atoms with E-state index in [2.05, 4.69) is 32.7 Å². The van der Waals surface area contributed by atoms with Crippen molar-refractivity contribution in [1.29, 1.82) is 0 Å². The van der Waals surface area contributed by atoms with Gasteiger partial charge in [0.15, 0.2) is 0 Å². The summed E-state index contributed by atoms with van der Waals surface area (Å²) in [4.78, 5) is 0. The summed E-state index contributed by atoms with van der Waals surface area (Å²) in [6.45, 7) is 12.3. The Morgan fingerprint density at radius 3 is 2.76 bits per heavy atom. The molecule has 17 heavy (non-hydrogen) atoms. The molecular weight excluding hydrogens is 226 g/mol. The van der Waals surface area contributed by atoms with Gasteiger partial charge in [0.05, 0.1) is 0 Å². The minimum absolute atomic E-state index is 0.496. The second kappa shape index (κ2) is 4.97. The molecule has 2 fully saturated rings. The molecule has 2 aliphatic rings. The van der Waals surface area contributed by atoms with E-state index in [9.17, 15) is 0 Å². The number of thioether (sulfide) groups is 1. The highest BCUT2D eigenvalue weighted by atomic mass is 32.2. The van der Waals surface area contributed by atoms with Crippen LogP contribution in [0.5, 0.6) is 0 Å². The van der Waals surface area contributed by atoms with Crippen molar-refractivity contribution >= 4 is 11.8 Å². The lowest BCUT2D eigenvalue weighted by Crippen LogP contribution is -2.50. The first kappa shape index (κ1) is 13.5. The fourth-order valence-corrected chi connectivity index (χ4v) is 4.85. The summed E-state index contributed by atoms with van der Waals surface area (Å²) in [5.41, 5.74) is 1.06. The lowest BCUT2D eigenvalue weighted by atomic mass is 9.68. The van der Waals surface area contributed by atoms with Crippen LogP contribution in [-0.4, -0.2) is 24.1 Å². The van der Waals surface area contributed by atoms with Crippen LogP contribution in [0.25, 0.3) is 0 Å². The molecule has 0 amide bonds. The number of hydrogen-bond donors (Lipinski definition) is 1. The molecule has 3 atom stereocenters. The topological polar surface area (TPSA) is 12.0 Å². The van der Waals surface area contributed by atoms with E-state index in [0.29, 0.717) is 10.8 Å². The van der Waals surface area contributed by atoms with Gasteiger partial charge in [0.25, 0.3) is 0 Å². The summed E-state index contributed by atoms with van der Waals surface area (Å²) in [6, 6.07) is 0.720. The van der Waals surface area contributed by atoms with Crippen molar-refractivity contribution in [2.24, 2.45) is 16.7 Å². The van der Waals surface area contributed by atoms with Gasteiger partial charge in [0.2, 0.25) is 0 Å². The van der Waals surface area contributed by atoms with Crippen molar-refractivity contribution in [1.82, 2.24) is 5.32 Å². The zero-order valence-corrected chi connectivity index (χ0v) is 12.4. The Bertz CT molecular complexity index is 282. The van der Waals surface area contributed by atoms with Crippen LogP contribution in [0.1, 0.15) is 40.0 Å². The van der Waals surface area contributed by atoms with Crippen molar-refractivity contribution in [2.75, 3.05) is 18.1 Å².